The summed E-state index contributed by atoms with van der Waals surface area (Å²) in [6, 6.07) is 4.29. The summed E-state index contributed by atoms with van der Waals surface area (Å²) >= 11 is 5.07. The van der Waals surface area contributed by atoms with Gasteiger partial charge in [-0.3, -0.25) is 4.79 Å². The van der Waals surface area contributed by atoms with Gasteiger partial charge in [0, 0.05) is 7.05 Å². The van der Waals surface area contributed by atoms with Crippen molar-refractivity contribution in [2.45, 2.75) is 6.54 Å². The van der Waals surface area contributed by atoms with Crippen molar-refractivity contribution in [2.75, 3.05) is 7.05 Å². The molecular weight excluding hydrogens is 229 g/mol. The van der Waals surface area contributed by atoms with Gasteiger partial charge in [-0.2, -0.15) is 0 Å². The molecule has 2 N–H and O–H groups in total. The Hall–Kier alpha value is -1.69. The van der Waals surface area contributed by atoms with Crippen LogP contribution in [0.25, 0.3) is 11.0 Å². The minimum absolute atomic E-state index is 0.0821. The molecule has 0 aliphatic heterocycles. The molecule has 1 heterocycles. The molecule has 0 fully saturated rings. The molecule has 1 aromatic heterocycles. The van der Waals surface area contributed by atoms with Crippen molar-refractivity contribution in [3.05, 3.63) is 28.8 Å². The van der Waals surface area contributed by atoms with Crippen LogP contribution >= 0.6 is 12.2 Å². The van der Waals surface area contributed by atoms with Gasteiger partial charge in [-0.25, -0.2) is 4.39 Å². The van der Waals surface area contributed by atoms with Gasteiger partial charge < -0.3 is 14.9 Å². The normalized spacial score (nSPS) is 10.6. The topological polar surface area (TPSA) is 49.8 Å². The number of rotatable bonds is 2. The Morgan fingerprint density at radius 3 is 3.06 bits per heavy atom. The maximum Gasteiger partial charge on any atom is 0.239 e. The highest BCUT2D eigenvalue weighted by atomic mass is 32.1. The predicted octanol–water partition coefficient (Wildman–Crippen LogP) is 1.58. The van der Waals surface area contributed by atoms with Crippen LogP contribution in [0.4, 0.5) is 4.39 Å². The second kappa shape index (κ2) is 4.05. The van der Waals surface area contributed by atoms with Crippen LogP contribution in [-0.2, 0) is 11.3 Å². The first-order chi connectivity index (χ1) is 7.61. The van der Waals surface area contributed by atoms with Crippen LogP contribution in [0.2, 0.25) is 0 Å². The zero-order valence-electron chi connectivity index (χ0n) is 8.58. The van der Waals surface area contributed by atoms with E-state index in [9.17, 15) is 9.18 Å². The van der Waals surface area contributed by atoms with Gasteiger partial charge in [0.1, 0.15) is 12.4 Å². The lowest BCUT2D eigenvalue weighted by molar-refractivity contribution is -0.121. The number of hydrogen-bond donors (Lipinski definition) is 2. The number of carbonyl (C=O) groups excluding carboxylic acids is 1. The van der Waals surface area contributed by atoms with Gasteiger partial charge in [-0.1, -0.05) is 0 Å². The number of benzene rings is 1. The monoisotopic (exact) mass is 239 g/mol. The number of nitrogens with one attached hydrogen (secondary N) is 2. The smallest absolute Gasteiger partial charge is 0.239 e. The fourth-order valence-corrected chi connectivity index (χ4v) is 1.78. The Labute approximate surface area is 96.1 Å². The third-order valence-electron chi connectivity index (χ3n) is 2.32. The molecule has 0 radical (unpaired) electrons. The lowest BCUT2D eigenvalue weighted by Crippen LogP contribution is -2.23. The minimum Gasteiger partial charge on any atom is -0.358 e. The molecule has 0 aliphatic carbocycles. The molecule has 0 saturated heterocycles. The Balaban J connectivity index is 2.58. The molecule has 0 bridgehead atoms. The average Bonchev–Trinajstić information content (AvgIpc) is 2.55. The van der Waals surface area contributed by atoms with Crippen LogP contribution in [0.15, 0.2) is 18.2 Å². The molecule has 2 rings (SSSR count). The number of halogens is 1. The molecule has 6 heteroatoms. The van der Waals surface area contributed by atoms with Gasteiger partial charge in [0.25, 0.3) is 0 Å². The fourth-order valence-electron chi connectivity index (χ4n) is 1.51. The van der Waals surface area contributed by atoms with Crippen molar-refractivity contribution < 1.29 is 9.18 Å². The highest BCUT2D eigenvalue weighted by Gasteiger charge is 2.08. The summed E-state index contributed by atoms with van der Waals surface area (Å²) < 4.78 is 15.1. The van der Waals surface area contributed by atoms with E-state index in [-0.39, 0.29) is 18.3 Å². The van der Waals surface area contributed by atoms with E-state index in [1.165, 1.54) is 12.1 Å². The largest absolute Gasteiger partial charge is 0.358 e. The van der Waals surface area contributed by atoms with E-state index in [4.69, 9.17) is 12.2 Å². The lowest BCUT2D eigenvalue weighted by atomic mass is 10.3. The molecule has 2 aromatic rings. The fraction of sp³-hybridized carbons (Fsp3) is 0.200. The Morgan fingerprint density at radius 2 is 2.38 bits per heavy atom. The first kappa shape index (κ1) is 10.8. The van der Waals surface area contributed by atoms with Crippen LogP contribution in [0.5, 0.6) is 0 Å². The molecule has 0 aliphatic rings. The van der Waals surface area contributed by atoms with Crippen molar-refractivity contribution in [3.63, 3.8) is 0 Å². The highest BCUT2D eigenvalue weighted by Crippen LogP contribution is 2.15. The molecule has 0 atom stereocenters. The zero-order chi connectivity index (χ0) is 11.7. The van der Waals surface area contributed by atoms with Crippen LogP contribution in [0, 0.1) is 10.6 Å². The third-order valence-corrected chi connectivity index (χ3v) is 2.64. The van der Waals surface area contributed by atoms with Crippen LogP contribution in [-0.4, -0.2) is 22.5 Å². The number of aromatic amines is 1. The SMILES string of the molecule is CNC(=O)Cn1c(=S)[nH]c2ccc(F)cc21. The summed E-state index contributed by atoms with van der Waals surface area (Å²) in [5.41, 5.74) is 1.31. The summed E-state index contributed by atoms with van der Waals surface area (Å²) in [5, 5.41) is 2.50. The molecule has 0 saturated carbocycles. The van der Waals surface area contributed by atoms with Gasteiger partial charge in [0.15, 0.2) is 4.77 Å². The van der Waals surface area contributed by atoms with Crippen molar-refractivity contribution in [3.8, 4) is 0 Å². The standard InChI is InChI=1S/C10H10FN3OS/c1-12-9(15)5-14-8-4-6(11)2-3-7(8)13-10(14)16/h2-4H,5H2,1H3,(H,12,15)(H,13,16). The summed E-state index contributed by atoms with van der Waals surface area (Å²) in [5.74, 6) is -0.534. The van der Waals surface area contributed by atoms with Crippen LogP contribution < -0.4 is 5.32 Å². The highest BCUT2D eigenvalue weighted by molar-refractivity contribution is 7.71. The van der Waals surface area contributed by atoms with Gasteiger partial charge in [0.05, 0.1) is 11.0 Å². The van der Waals surface area contributed by atoms with E-state index >= 15 is 0 Å². The number of amides is 1. The number of likely N-dealkylation sites (N-methyl/N-ethyl adjacent to an activating group) is 1. The number of imidazole rings is 1. The van der Waals surface area contributed by atoms with E-state index in [1.54, 1.807) is 17.7 Å². The number of fused-ring (bicyclic) bond motifs is 1. The number of hydrogen-bond acceptors (Lipinski definition) is 2. The molecule has 0 spiro atoms. The lowest BCUT2D eigenvalue weighted by Gasteiger charge is -2.02. The first-order valence-electron chi connectivity index (χ1n) is 4.70. The molecule has 4 nitrogen and oxygen atoms in total. The first-order valence-corrected chi connectivity index (χ1v) is 5.11. The maximum absolute atomic E-state index is 13.1. The number of aromatic nitrogens is 2. The van der Waals surface area contributed by atoms with E-state index in [2.05, 4.69) is 10.3 Å². The average molecular weight is 239 g/mol. The predicted molar refractivity (Wildman–Crippen MR) is 61.1 cm³/mol. The second-order valence-electron chi connectivity index (χ2n) is 3.35. The number of H-pyrrole nitrogens is 1. The van der Waals surface area contributed by atoms with Crippen LogP contribution in [0.3, 0.4) is 0 Å². The van der Waals surface area contributed by atoms with Crippen molar-refractivity contribution >= 4 is 29.2 Å². The van der Waals surface area contributed by atoms with E-state index in [0.717, 1.165) is 5.52 Å². The van der Waals surface area contributed by atoms with Crippen LogP contribution in [0.1, 0.15) is 0 Å². The van der Waals surface area contributed by atoms with Crippen molar-refractivity contribution in [1.82, 2.24) is 14.9 Å². The Morgan fingerprint density at radius 1 is 1.62 bits per heavy atom. The van der Waals surface area contributed by atoms with E-state index in [0.29, 0.717) is 10.3 Å². The quantitative estimate of drug-likeness (QED) is 0.782. The van der Waals surface area contributed by atoms with Crippen molar-refractivity contribution in [2.24, 2.45) is 0 Å². The summed E-state index contributed by atoms with van der Waals surface area (Å²) in [6.45, 7) is 0.0821. The Kier molecular flexibility index (Phi) is 2.74. The molecule has 1 amide bonds. The van der Waals surface area contributed by atoms with Gasteiger partial charge in [0.2, 0.25) is 5.91 Å². The summed E-state index contributed by atoms with van der Waals surface area (Å²) in [4.78, 5) is 14.2. The minimum atomic E-state index is -0.354. The molecule has 16 heavy (non-hydrogen) atoms. The third kappa shape index (κ3) is 1.83. The maximum atomic E-state index is 13.1. The van der Waals surface area contributed by atoms with Gasteiger partial charge >= 0.3 is 0 Å². The Bertz CT molecular complexity index is 602. The summed E-state index contributed by atoms with van der Waals surface area (Å²) in [6.07, 6.45) is 0. The molecule has 84 valence electrons. The zero-order valence-corrected chi connectivity index (χ0v) is 9.40. The van der Waals surface area contributed by atoms with E-state index in [1.807, 2.05) is 0 Å². The van der Waals surface area contributed by atoms with Gasteiger partial charge in [-0.15, -0.1) is 0 Å². The van der Waals surface area contributed by atoms with Gasteiger partial charge in [-0.05, 0) is 30.4 Å². The summed E-state index contributed by atoms with van der Waals surface area (Å²) in [7, 11) is 1.54. The second-order valence-corrected chi connectivity index (χ2v) is 3.74. The number of carbonyl (C=O) groups is 1. The molecule has 0 unspecified atom stereocenters. The van der Waals surface area contributed by atoms with Crippen molar-refractivity contribution in [1.29, 1.82) is 0 Å². The van der Waals surface area contributed by atoms with E-state index < -0.39 is 0 Å². The molecule has 1 aromatic carbocycles. The number of nitrogens with zero attached hydrogens (tertiary/aromatic N) is 1. The molecular formula is C10H10FN3OS.